The van der Waals surface area contributed by atoms with Gasteiger partial charge in [0.15, 0.2) is 0 Å². The summed E-state index contributed by atoms with van der Waals surface area (Å²) in [6.45, 7) is 3.97. The third kappa shape index (κ3) is 3.21. The van der Waals surface area contributed by atoms with Gasteiger partial charge in [-0.05, 0) is 55.5 Å². The van der Waals surface area contributed by atoms with E-state index in [2.05, 4.69) is 22.3 Å². The Morgan fingerprint density at radius 3 is 2.38 bits per heavy atom. The Balaban J connectivity index is 1.54. The molecule has 2 aliphatic heterocycles. The Morgan fingerprint density at radius 1 is 1.00 bits per heavy atom. The van der Waals surface area contributed by atoms with E-state index in [0.29, 0.717) is 5.41 Å². The molecule has 0 aromatic heterocycles. The summed E-state index contributed by atoms with van der Waals surface area (Å²) < 4.78 is 0. The molecule has 4 nitrogen and oxygen atoms in total. The maximum Gasteiger partial charge on any atom is 0.255 e. The molecule has 4 heteroatoms. The van der Waals surface area contributed by atoms with Gasteiger partial charge in [-0.25, -0.2) is 0 Å². The number of likely N-dealkylation sites (tertiary alicyclic amines) is 1. The first-order valence-electron chi connectivity index (χ1n) is 9.56. The standard InChI is InChI=1S/C22H27N3O/c1-24(18-7-3-2-4-8-18)20-10-6-5-9-19(20)21(26)25-15-12-22(13-16-25)11-14-23-17-22/h2-10,23H,11-17H2,1H3. The van der Waals surface area contributed by atoms with E-state index in [1.807, 2.05) is 54.4 Å². The molecule has 0 radical (unpaired) electrons. The molecular formula is C22H27N3O. The summed E-state index contributed by atoms with van der Waals surface area (Å²) in [5, 5.41) is 3.49. The summed E-state index contributed by atoms with van der Waals surface area (Å²) >= 11 is 0. The van der Waals surface area contributed by atoms with Crippen LogP contribution < -0.4 is 10.2 Å². The summed E-state index contributed by atoms with van der Waals surface area (Å²) in [4.78, 5) is 17.4. The first-order valence-corrected chi connectivity index (χ1v) is 9.56. The van der Waals surface area contributed by atoms with E-state index in [9.17, 15) is 4.79 Å². The van der Waals surface area contributed by atoms with Gasteiger partial charge in [-0.2, -0.15) is 0 Å². The number of anilines is 2. The number of carbonyl (C=O) groups excluding carboxylic acids is 1. The van der Waals surface area contributed by atoms with E-state index >= 15 is 0 Å². The second-order valence-corrected chi connectivity index (χ2v) is 7.63. The molecule has 1 N–H and O–H groups in total. The lowest BCUT2D eigenvalue weighted by Gasteiger charge is -2.39. The lowest BCUT2D eigenvalue weighted by molar-refractivity contribution is 0.0608. The maximum absolute atomic E-state index is 13.2. The second-order valence-electron chi connectivity index (χ2n) is 7.63. The molecule has 136 valence electrons. The molecule has 26 heavy (non-hydrogen) atoms. The SMILES string of the molecule is CN(c1ccccc1)c1ccccc1C(=O)N1CCC2(CCNC2)CC1. The Morgan fingerprint density at radius 2 is 1.69 bits per heavy atom. The number of benzene rings is 2. The normalized spacial score (nSPS) is 18.9. The highest BCUT2D eigenvalue weighted by molar-refractivity contribution is 6.00. The topological polar surface area (TPSA) is 35.6 Å². The van der Waals surface area contributed by atoms with Crippen LogP contribution in [0.25, 0.3) is 0 Å². The molecule has 1 spiro atoms. The zero-order valence-corrected chi connectivity index (χ0v) is 15.4. The highest BCUT2D eigenvalue weighted by Gasteiger charge is 2.38. The Labute approximate surface area is 155 Å². The zero-order valence-electron chi connectivity index (χ0n) is 15.4. The molecule has 1 amide bonds. The summed E-state index contributed by atoms with van der Waals surface area (Å²) in [6.07, 6.45) is 3.48. The van der Waals surface area contributed by atoms with Crippen LogP contribution in [0.5, 0.6) is 0 Å². The van der Waals surface area contributed by atoms with Gasteiger partial charge in [0.2, 0.25) is 0 Å². The first-order chi connectivity index (χ1) is 12.7. The van der Waals surface area contributed by atoms with Crippen LogP contribution in [0.4, 0.5) is 11.4 Å². The van der Waals surface area contributed by atoms with Gasteiger partial charge < -0.3 is 15.1 Å². The van der Waals surface area contributed by atoms with Gasteiger partial charge in [0.25, 0.3) is 5.91 Å². The average Bonchev–Trinajstić information content (AvgIpc) is 3.16. The van der Waals surface area contributed by atoms with Crippen molar-refractivity contribution in [3.63, 3.8) is 0 Å². The summed E-state index contributed by atoms with van der Waals surface area (Å²) in [5.74, 6) is 0.157. The number of nitrogens with zero attached hydrogens (tertiary/aromatic N) is 2. The van der Waals surface area contributed by atoms with E-state index in [0.717, 1.165) is 56.0 Å². The number of nitrogens with one attached hydrogen (secondary N) is 1. The number of amides is 1. The van der Waals surface area contributed by atoms with Gasteiger partial charge in [-0.3, -0.25) is 4.79 Å². The van der Waals surface area contributed by atoms with Crippen LogP contribution in [0.3, 0.4) is 0 Å². The third-order valence-electron chi connectivity index (χ3n) is 6.08. The average molecular weight is 349 g/mol. The minimum Gasteiger partial charge on any atom is -0.344 e. The van der Waals surface area contributed by atoms with Gasteiger partial charge in [-0.1, -0.05) is 30.3 Å². The number of hydrogen-bond donors (Lipinski definition) is 1. The molecule has 4 rings (SSSR count). The zero-order chi connectivity index (χ0) is 18.0. The summed E-state index contributed by atoms with van der Waals surface area (Å²) in [6, 6.07) is 18.1. The van der Waals surface area contributed by atoms with Crippen LogP contribution in [0.2, 0.25) is 0 Å². The molecular weight excluding hydrogens is 322 g/mol. The Hall–Kier alpha value is -2.33. The minimum absolute atomic E-state index is 0.157. The van der Waals surface area contributed by atoms with Gasteiger partial charge in [0.05, 0.1) is 11.3 Å². The van der Waals surface area contributed by atoms with Crippen molar-refractivity contribution < 1.29 is 4.79 Å². The Kier molecular flexibility index (Phi) is 4.68. The van der Waals surface area contributed by atoms with Crippen LogP contribution >= 0.6 is 0 Å². The van der Waals surface area contributed by atoms with Crippen LogP contribution in [0.15, 0.2) is 54.6 Å². The monoisotopic (exact) mass is 349 g/mol. The Bertz CT molecular complexity index is 758. The number of carbonyl (C=O) groups is 1. The van der Waals surface area contributed by atoms with Gasteiger partial charge in [-0.15, -0.1) is 0 Å². The maximum atomic E-state index is 13.2. The number of rotatable bonds is 3. The number of piperidine rings is 1. The quantitative estimate of drug-likeness (QED) is 0.918. The predicted molar refractivity (Wildman–Crippen MR) is 106 cm³/mol. The lowest BCUT2D eigenvalue weighted by Crippen LogP contribution is -2.44. The lowest BCUT2D eigenvalue weighted by atomic mass is 9.78. The molecule has 0 bridgehead atoms. The van der Waals surface area contributed by atoms with Crippen LogP contribution in [0, 0.1) is 5.41 Å². The molecule has 2 aromatic carbocycles. The van der Waals surface area contributed by atoms with Crippen molar-refractivity contribution in [2.45, 2.75) is 19.3 Å². The molecule has 2 fully saturated rings. The fraction of sp³-hybridized carbons (Fsp3) is 0.409. The second kappa shape index (κ2) is 7.12. The van der Waals surface area contributed by atoms with Crippen molar-refractivity contribution in [3.8, 4) is 0 Å². The number of hydrogen-bond acceptors (Lipinski definition) is 3. The van der Waals surface area contributed by atoms with Gasteiger partial charge >= 0.3 is 0 Å². The first kappa shape index (κ1) is 17.1. The molecule has 0 aliphatic carbocycles. The highest BCUT2D eigenvalue weighted by atomic mass is 16.2. The third-order valence-corrected chi connectivity index (χ3v) is 6.08. The van der Waals surface area contributed by atoms with E-state index in [4.69, 9.17) is 0 Å². The van der Waals surface area contributed by atoms with Crippen molar-refractivity contribution >= 4 is 17.3 Å². The van der Waals surface area contributed by atoms with Crippen molar-refractivity contribution in [2.24, 2.45) is 5.41 Å². The van der Waals surface area contributed by atoms with Gasteiger partial charge in [0, 0.05) is 32.4 Å². The van der Waals surface area contributed by atoms with E-state index in [-0.39, 0.29) is 5.91 Å². The van der Waals surface area contributed by atoms with Crippen molar-refractivity contribution in [1.82, 2.24) is 10.2 Å². The van der Waals surface area contributed by atoms with Crippen LogP contribution in [-0.2, 0) is 0 Å². The highest BCUT2D eigenvalue weighted by Crippen LogP contribution is 2.38. The van der Waals surface area contributed by atoms with Crippen molar-refractivity contribution in [1.29, 1.82) is 0 Å². The van der Waals surface area contributed by atoms with E-state index in [1.165, 1.54) is 6.42 Å². The summed E-state index contributed by atoms with van der Waals surface area (Å²) in [7, 11) is 2.02. The molecule has 0 unspecified atom stereocenters. The summed E-state index contributed by atoms with van der Waals surface area (Å²) in [5.41, 5.74) is 3.27. The number of para-hydroxylation sites is 2. The van der Waals surface area contributed by atoms with Crippen LogP contribution in [-0.4, -0.2) is 44.0 Å². The fourth-order valence-electron chi connectivity index (χ4n) is 4.31. The van der Waals surface area contributed by atoms with E-state index < -0.39 is 0 Å². The molecule has 2 saturated heterocycles. The molecule has 0 saturated carbocycles. The van der Waals surface area contributed by atoms with Crippen molar-refractivity contribution in [3.05, 3.63) is 60.2 Å². The van der Waals surface area contributed by atoms with Crippen LogP contribution in [0.1, 0.15) is 29.6 Å². The largest absolute Gasteiger partial charge is 0.344 e. The predicted octanol–water partition coefficient (Wildman–Crippen LogP) is 3.67. The molecule has 0 atom stereocenters. The minimum atomic E-state index is 0.157. The smallest absolute Gasteiger partial charge is 0.255 e. The molecule has 2 aromatic rings. The van der Waals surface area contributed by atoms with E-state index in [1.54, 1.807) is 0 Å². The van der Waals surface area contributed by atoms with Crippen molar-refractivity contribution in [2.75, 3.05) is 38.1 Å². The molecule has 2 aliphatic rings. The fourth-order valence-corrected chi connectivity index (χ4v) is 4.31. The van der Waals surface area contributed by atoms with Gasteiger partial charge in [0.1, 0.15) is 0 Å². The molecule has 2 heterocycles.